The van der Waals surface area contributed by atoms with Crippen LogP contribution in [0.1, 0.15) is 22.8 Å². The van der Waals surface area contributed by atoms with Crippen molar-refractivity contribution in [2.24, 2.45) is 0 Å². The molecule has 0 saturated heterocycles. The Kier molecular flexibility index (Phi) is 9.71. The van der Waals surface area contributed by atoms with Gasteiger partial charge in [0.2, 0.25) is 0 Å². The summed E-state index contributed by atoms with van der Waals surface area (Å²) in [4.78, 5) is 20.8. The van der Waals surface area contributed by atoms with Gasteiger partial charge < -0.3 is 14.9 Å². The molecule has 5 heterocycles. The average molecular weight is 750 g/mol. The number of aromatic amines is 2. The van der Waals surface area contributed by atoms with Crippen LogP contribution in [0, 0.1) is 0 Å². The van der Waals surface area contributed by atoms with E-state index in [1.54, 1.807) is 0 Å². The van der Waals surface area contributed by atoms with Crippen molar-refractivity contribution in [1.29, 1.82) is 0 Å². The van der Waals surface area contributed by atoms with Crippen molar-refractivity contribution in [2.45, 2.75) is 0 Å². The van der Waals surface area contributed by atoms with Crippen LogP contribution >= 0.6 is 25.3 Å². The average Bonchev–Trinajstić information content (AvgIpc) is 4.08. The van der Waals surface area contributed by atoms with E-state index in [1.165, 1.54) is 0 Å². The summed E-state index contributed by atoms with van der Waals surface area (Å²) in [5, 5.41) is 0. The van der Waals surface area contributed by atoms with Crippen molar-refractivity contribution in [2.75, 3.05) is 29.5 Å². The Labute approximate surface area is 332 Å². The second-order valence-corrected chi connectivity index (χ2v) is 14.5. The van der Waals surface area contributed by atoms with Crippen LogP contribution in [-0.2, 0) is 0 Å². The second-order valence-electron chi connectivity index (χ2n) is 13.6. The lowest BCUT2D eigenvalue weighted by Crippen LogP contribution is -2.27. The van der Waals surface area contributed by atoms with Gasteiger partial charge in [-0.2, -0.15) is 25.3 Å². The molecule has 0 saturated carbocycles. The summed E-state index contributed by atoms with van der Waals surface area (Å²) >= 11 is 9.04. The van der Waals surface area contributed by atoms with Crippen LogP contribution in [-0.4, -0.2) is 44.5 Å². The third-order valence-electron chi connectivity index (χ3n) is 10.2. The molecule has 0 radical (unpaired) electrons. The fraction of sp³-hybridized carbons (Fsp3) is 0.0833. The minimum atomic E-state index is 0.770. The number of nitrogens with one attached hydrogen (secondary N) is 2. The monoisotopic (exact) mass is 749 g/mol. The molecule has 3 aromatic heterocycles. The number of nitrogens with zero attached hydrogens (tertiary/aromatic N) is 3. The summed E-state index contributed by atoms with van der Waals surface area (Å²) in [7, 11) is 0. The molecule has 5 nitrogen and oxygen atoms in total. The fourth-order valence-electron chi connectivity index (χ4n) is 7.69. The van der Waals surface area contributed by atoms with Gasteiger partial charge >= 0.3 is 0 Å². The first-order valence-electron chi connectivity index (χ1n) is 18.6. The van der Waals surface area contributed by atoms with Crippen molar-refractivity contribution in [3.63, 3.8) is 0 Å². The summed E-state index contributed by atoms with van der Waals surface area (Å²) in [6.07, 6.45) is 8.56. The van der Waals surface area contributed by atoms with E-state index in [1.807, 2.05) is 0 Å². The molecule has 0 aliphatic carbocycles. The molecule has 8 bridgehead atoms. The maximum atomic E-state index is 5.43. The lowest BCUT2D eigenvalue weighted by molar-refractivity contribution is 0.882. The highest BCUT2D eigenvalue weighted by Crippen LogP contribution is 2.38. The maximum absolute atomic E-state index is 5.43. The smallest absolute Gasteiger partial charge is 0.0737 e. The molecule has 0 atom stereocenters. The molecule has 2 N–H and O–H groups in total. The minimum absolute atomic E-state index is 0.770. The Balaban J connectivity index is 1.40. The number of anilines is 1. The molecule has 0 unspecified atom stereocenters. The number of H-pyrrole nitrogens is 2. The highest BCUT2D eigenvalue weighted by atomic mass is 32.1. The summed E-state index contributed by atoms with van der Waals surface area (Å²) in [5.74, 6) is 1.54. The van der Waals surface area contributed by atoms with Crippen LogP contribution in [0.3, 0.4) is 0 Å². The van der Waals surface area contributed by atoms with Crippen LogP contribution in [0.5, 0.6) is 0 Å². The number of rotatable bonds is 9. The Morgan fingerprint density at radius 1 is 0.382 bits per heavy atom. The number of thiol groups is 2. The molecule has 2 aliphatic rings. The topological polar surface area (TPSA) is 60.6 Å². The number of hydrogen-bond acceptors (Lipinski definition) is 5. The van der Waals surface area contributed by atoms with Crippen molar-refractivity contribution >= 4 is 77.3 Å². The molecule has 0 spiro atoms. The van der Waals surface area contributed by atoms with E-state index in [0.29, 0.717) is 0 Å². The summed E-state index contributed by atoms with van der Waals surface area (Å²) in [6.45, 7) is 1.71. The zero-order valence-corrected chi connectivity index (χ0v) is 31.9. The van der Waals surface area contributed by atoms with E-state index < -0.39 is 0 Å². The first-order valence-corrected chi connectivity index (χ1v) is 19.8. The van der Waals surface area contributed by atoms with Gasteiger partial charge in [-0.05, 0) is 83.0 Å². The van der Waals surface area contributed by atoms with Crippen LogP contribution < -0.4 is 4.90 Å². The van der Waals surface area contributed by atoms with E-state index in [4.69, 9.17) is 9.97 Å². The van der Waals surface area contributed by atoms with Gasteiger partial charge in [0.15, 0.2) is 0 Å². The quantitative estimate of drug-likeness (QED) is 0.111. The van der Waals surface area contributed by atoms with Gasteiger partial charge in [0.25, 0.3) is 0 Å². The van der Waals surface area contributed by atoms with Crippen molar-refractivity contribution in [1.82, 2.24) is 19.9 Å². The third-order valence-corrected chi connectivity index (χ3v) is 10.6. The zero-order chi connectivity index (χ0) is 37.1. The molecule has 55 heavy (non-hydrogen) atoms. The lowest BCUT2D eigenvalue weighted by atomic mass is 10.0. The first-order chi connectivity index (χ1) is 27.2. The Bertz CT molecular complexity index is 2670. The van der Waals surface area contributed by atoms with Gasteiger partial charge in [0.1, 0.15) is 0 Å². The van der Waals surface area contributed by atoms with E-state index >= 15 is 0 Å². The minimum Gasteiger partial charge on any atom is -0.370 e. The number of benzene rings is 4. The molecule has 7 aromatic rings. The molecule has 268 valence electrons. The molecule has 4 aromatic carbocycles. The van der Waals surface area contributed by atoms with E-state index in [-0.39, 0.29) is 0 Å². The normalized spacial score (nSPS) is 12.0. The third kappa shape index (κ3) is 6.82. The predicted octanol–water partition coefficient (Wildman–Crippen LogP) is 12.0. The Morgan fingerprint density at radius 3 is 1.00 bits per heavy atom. The summed E-state index contributed by atoms with van der Waals surface area (Å²) < 4.78 is 0. The summed E-state index contributed by atoms with van der Waals surface area (Å²) in [6, 6.07) is 49.0. The van der Waals surface area contributed by atoms with Crippen LogP contribution in [0.15, 0.2) is 140 Å². The Hall–Kier alpha value is -6.02. The first kappa shape index (κ1) is 34.7. The predicted molar refractivity (Wildman–Crippen MR) is 241 cm³/mol. The van der Waals surface area contributed by atoms with Crippen molar-refractivity contribution in [3.8, 4) is 44.5 Å². The molecule has 9 rings (SSSR count). The SMILES string of the molecule is SCCN(CCS)c1ccc(-c2c3nc(c(-c4ccccc4)c4ccc([nH]4)c(-c4ccccc4)c4nc(c(-c5ccccc5)c5ccc2[nH]5)C=C4)C=C3)cc1. The molecule has 2 aliphatic heterocycles. The largest absolute Gasteiger partial charge is 0.370 e. The van der Waals surface area contributed by atoms with Crippen molar-refractivity contribution < 1.29 is 0 Å². The maximum Gasteiger partial charge on any atom is 0.0737 e. The van der Waals surface area contributed by atoms with Gasteiger partial charge in [-0.3, -0.25) is 0 Å². The highest BCUT2D eigenvalue weighted by Gasteiger charge is 2.19. The highest BCUT2D eigenvalue weighted by molar-refractivity contribution is 7.80. The molecule has 0 fully saturated rings. The van der Waals surface area contributed by atoms with E-state index in [2.05, 4.69) is 204 Å². The van der Waals surface area contributed by atoms with E-state index in [9.17, 15) is 0 Å². The van der Waals surface area contributed by atoms with Crippen LogP contribution in [0.2, 0.25) is 0 Å². The van der Waals surface area contributed by atoms with Crippen molar-refractivity contribution in [3.05, 3.63) is 162 Å². The molecule has 0 amide bonds. The number of fused-ring (bicyclic) bond motifs is 8. The number of aromatic nitrogens is 4. The van der Waals surface area contributed by atoms with Gasteiger partial charge in [-0.15, -0.1) is 0 Å². The lowest BCUT2D eigenvalue weighted by Gasteiger charge is -2.23. The zero-order valence-electron chi connectivity index (χ0n) is 30.2. The van der Waals surface area contributed by atoms with Crippen LogP contribution in [0.4, 0.5) is 5.69 Å². The second kappa shape index (κ2) is 15.4. The van der Waals surface area contributed by atoms with Crippen LogP contribution in [0.25, 0.3) is 90.9 Å². The summed E-state index contributed by atoms with van der Waals surface area (Å²) in [5.41, 5.74) is 17.1. The van der Waals surface area contributed by atoms with E-state index in [0.717, 1.165) is 120 Å². The van der Waals surface area contributed by atoms with Gasteiger partial charge in [0.05, 0.1) is 22.8 Å². The Morgan fingerprint density at radius 2 is 0.691 bits per heavy atom. The van der Waals surface area contributed by atoms with Gasteiger partial charge in [-0.25, -0.2) is 9.97 Å². The standard InChI is InChI=1S/C48H39N5S2/c54-30-28-53(29-31-55)36-18-16-35(17-19-36)48-43-26-24-41(51-43)46(33-12-6-2-7-13-33)39-22-20-37(49-39)45(32-10-4-1-5-11-32)38-21-23-40(50-38)47(34-14-8-3-9-15-34)42-25-27-44(48)52-42/h1-27,49,52,54-55H,28-31H2. The van der Waals surface area contributed by atoms with Gasteiger partial charge in [-0.1, -0.05) is 103 Å². The fourth-order valence-corrected chi connectivity index (χ4v) is 8.17. The van der Waals surface area contributed by atoms with Gasteiger partial charge in [0, 0.05) is 74.6 Å². The molecule has 7 heteroatoms. The molecular formula is C48H39N5S2. The molecular weight excluding hydrogens is 711 g/mol. The number of hydrogen-bond donors (Lipinski definition) is 4.